The van der Waals surface area contributed by atoms with Crippen molar-refractivity contribution in [1.29, 1.82) is 0 Å². The summed E-state index contributed by atoms with van der Waals surface area (Å²) in [5, 5.41) is 5.42. The van der Waals surface area contributed by atoms with Crippen molar-refractivity contribution in [2.75, 3.05) is 5.01 Å². The molecule has 4 aromatic rings. The molecule has 1 aromatic heterocycles. The van der Waals surface area contributed by atoms with Crippen molar-refractivity contribution in [3.05, 3.63) is 100 Å². The van der Waals surface area contributed by atoms with Crippen LogP contribution in [0, 0.1) is 17.5 Å². The molecular formula is C21H12F3N3OS. The molecule has 4 rings (SSSR count). The summed E-state index contributed by atoms with van der Waals surface area (Å²) < 4.78 is 41.2. The van der Waals surface area contributed by atoms with Crippen LogP contribution in [0.5, 0.6) is 0 Å². The zero-order valence-electron chi connectivity index (χ0n) is 14.7. The van der Waals surface area contributed by atoms with E-state index in [9.17, 15) is 18.0 Å². The highest BCUT2D eigenvalue weighted by Crippen LogP contribution is 2.32. The summed E-state index contributed by atoms with van der Waals surface area (Å²) >= 11 is 0.708. The monoisotopic (exact) mass is 411 g/mol. The Labute approximate surface area is 167 Å². The number of aromatic nitrogens is 1. The maximum absolute atomic E-state index is 14.3. The van der Waals surface area contributed by atoms with E-state index in [2.05, 4.69) is 10.1 Å². The first-order valence-electron chi connectivity index (χ1n) is 8.47. The van der Waals surface area contributed by atoms with Crippen molar-refractivity contribution in [2.24, 2.45) is 5.10 Å². The van der Waals surface area contributed by atoms with Crippen LogP contribution in [0.1, 0.15) is 5.56 Å². The predicted molar refractivity (Wildman–Crippen MR) is 108 cm³/mol. The molecule has 0 unspecified atom stereocenters. The van der Waals surface area contributed by atoms with Crippen LogP contribution in [0.3, 0.4) is 0 Å². The first-order valence-corrected chi connectivity index (χ1v) is 9.29. The summed E-state index contributed by atoms with van der Waals surface area (Å²) in [6.45, 7) is 0. The van der Waals surface area contributed by atoms with Crippen molar-refractivity contribution in [3.8, 4) is 0 Å². The first-order chi connectivity index (χ1) is 14.0. The van der Waals surface area contributed by atoms with Crippen LogP contribution in [-0.4, -0.2) is 11.2 Å². The standard InChI is InChI=1S/C21H12F3N3OS/c22-16-11-15-19(18(24)17(16)23)29-21(26-20(15)28)27(14-9-5-2-6-10-14)25-12-13-7-3-1-4-8-13/h1-12H. The minimum absolute atomic E-state index is 0.0192. The smallest absolute Gasteiger partial charge is 0.267 e. The fourth-order valence-corrected chi connectivity index (χ4v) is 3.63. The number of hydrazone groups is 1. The average Bonchev–Trinajstić information content (AvgIpc) is 2.75. The van der Waals surface area contributed by atoms with Crippen molar-refractivity contribution in [3.63, 3.8) is 0 Å². The van der Waals surface area contributed by atoms with Crippen LogP contribution in [0.4, 0.5) is 24.0 Å². The third-order valence-corrected chi connectivity index (χ3v) is 5.09. The van der Waals surface area contributed by atoms with Gasteiger partial charge in [-0.1, -0.05) is 59.9 Å². The molecule has 4 nitrogen and oxygen atoms in total. The lowest BCUT2D eigenvalue weighted by Gasteiger charge is -2.17. The largest absolute Gasteiger partial charge is 0.281 e. The molecule has 0 fully saturated rings. The number of nitrogens with zero attached hydrogens (tertiary/aromatic N) is 3. The second kappa shape index (κ2) is 7.84. The molecular weight excluding hydrogens is 399 g/mol. The Morgan fingerprint density at radius 3 is 2.28 bits per heavy atom. The van der Waals surface area contributed by atoms with E-state index in [4.69, 9.17) is 0 Å². The SMILES string of the molecule is O=c1nc(N(N=Cc2ccccc2)c2ccccc2)sc2c(F)c(F)c(F)cc12. The van der Waals surface area contributed by atoms with Gasteiger partial charge in [0.05, 0.1) is 22.0 Å². The number of halogens is 3. The molecule has 0 amide bonds. The van der Waals surface area contributed by atoms with Gasteiger partial charge in [0.15, 0.2) is 17.5 Å². The molecule has 29 heavy (non-hydrogen) atoms. The summed E-state index contributed by atoms with van der Waals surface area (Å²) in [6.07, 6.45) is 1.55. The minimum atomic E-state index is -1.63. The average molecular weight is 411 g/mol. The Kier molecular flexibility index (Phi) is 5.09. The second-order valence-electron chi connectivity index (χ2n) is 5.97. The molecule has 0 aliphatic carbocycles. The molecule has 0 spiro atoms. The van der Waals surface area contributed by atoms with E-state index in [-0.39, 0.29) is 15.2 Å². The first kappa shape index (κ1) is 18.8. The van der Waals surface area contributed by atoms with E-state index in [1.165, 1.54) is 5.01 Å². The number of rotatable bonds is 4. The van der Waals surface area contributed by atoms with Crippen LogP contribution in [0.2, 0.25) is 0 Å². The van der Waals surface area contributed by atoms with Crippen LogP contribution in [0.15, 0.2) is 76.6 Å². The zero-order valence-corrected chi connectivity index (χ0v) is 15.5. The van der Waals surface area contributed by atoms with Gasteiger partial charge in [-0.3, -0.25) is 4.79 Å². The van der Waals surface area contributed by atoms with E-state index >= 15 is 0 Å². The van der Waals surface area contributed by atoms with Crippen LogP contribution in [-0.2, 0) is 0 Å². The fraction of sp³-hybridized carbons (Fsp3) is 0. The van der Waals surface area contributed by atoms with Crippen LogP contribution >= 0.6 is 11.3 Å². The molecule has 8 heteroatoms. The Bertz CT molecular complexity index is 1260. The maximum atomic E-state index is 14.3. The third kappa shape index (κ3) is 3.74. The maximum Gasteiger partial charge on any atom is 0.281 e. The summed E-state index contributed by atoms with van der Waals surface area (Å²) in [5.74, 6) is -4.49. The topological polar surface area (TPSA) is 45.6 Å². The Hall–Kier alpha value is -3.52. The Balaban J connectivity index is 1.90. The quantitative estimate of drug-likeness (QED) is 0.262. The highest BCUT2D eigenvalue weighted by Gasteiger charge is 2.20. The lowest BCUT2D eigenvalue weighted by atomic mass is 10.2. The van der Waals surface area contributed by atoms with E-state index in [0.717, 1.165) is 5.56 Å². The normalized spacial score (nSPS) is 11.3. The number of anilines is 2. The van der Waals surface area contributed by atoms with E-state index in [1.807, 2.05) is 30.3 Å². The highest BCUT2D eigenvalue weighted by atomic mass is 32.1. The van der Waals surface area contributed by atoms with Gasteiger partial charge in [0.1, 0.15) is 0 Å². The minimum Gasteiger partial charge on any atom is -0.267 e. The Morgan fingerprint density at radius 2 is 1.59 bits per heavy atom. The highest BCUT2D eigenvalue weighted by molar-refractivity contribution is 7.21. The van der Waals surface area contributed by atoms with Gasteiger partial charge >= 0.3 is 0 Å². The third-order valence-electron chi connectivity index (χ3n) is 4.04. The summed E-state index contributed by atoms with van der Waals surface area (Å²) in [7, 11) is 0. The molecule has 0 saturated carbocycles. The molecule has 0 aliphatic rings. The number of hydrogen-bond donors (Lipinski definition) is 0. The molecule has 0 saturated heterocycles. The molecule has 3 aromatic carbocycles. The number of hydrogen-bond acceptors (Lipinski definition) is 5. The molecule has 0 radical (unpaired) electrons. The molecule has 0 N–H and O–H groups in total. The van der Waals surface area contributed by atoms with Gasteiger partial charge in [-0.05, 0) is 23.8 Å². The van der Waals surface area contributed by atoms with Gasteiger partial charge in [0, 0.05) is 0 Å². The molecule has 0 bridgehead atoms. The van der Waals surface area contributed by atoms with Gasteiger partial charge in [0.2, 0.25) is 5.13 Å². The van der Waals surface area contributed by atoms with Gasteiger partial charge in [0.25, 0.3) is 5.56 Å². The molecule has 0 atom stereocenters. The van der Waals surface area contributed by atoms with Gasteiger partial charge in [-0.2, -0.15) is 10.1 Å². The Morgan fingerprint density at radius 1 is 0.931 bits per heavy atom. The van der Waals surface area contributed by atoms with Crippen molar-refractivity contribution in [1.82, 2.24) is 4.98 Å². The summed E-state index contributed by atoms with van der Waals surface area (Å²) in [4.78, 5) is 16.3. The summed E-state index contributed by atoms with van der Waals surface area (Å²) in [5.41, 5.74) is 0.480. The van der Waals surface area contributed by atoms with Crippen LogP contribution in [0.25, 0.3) is 10.1 Å². The lowest BCUT2D eigenvalue weighted by Crippen LogP contribution is -2.16. The summed E-state index contributed by atoms with van der Waals surface area (Å²) in [6, 6.07) is 18.7. The number of fused-ring (bicyclic) bond motifs is 1. The lowest BCUT2D eigenvalue weighted by molar-refractivity contribution is 0.454. The van der Waals surface area contributed by atoms with Gasteiger partial charge in [-0.15, -0.1) is 0 Å². The van der Waals surface area contributed by atoms with E-state index < -0.39 is 23.0 Å². The molecule has 1 heterocycles. The predicted octanol–water partition coefficient (Wildman–Crippen LogP) is 5.25. The van der Waals surface area contributed by atoms with Crippen molar-refractivity contribution < 1.29 is 13.2 Å². The van der Waals surface area contributed by atoms with Crippen molar-refractivity contribution in [2.45, 2.75) is 0 Å². The number of para-hydroxylation sites is 1. The fourth-order valence-electron chi connectivity index (χ4n) is 2.65. The van der Waals surface area contributed by atoms with E-state index in [1.54, 1.807) is 36.5 Å². The van der Waals surface area contributed by atoms with Crippen molar-refractivity contribution >= 4 is 38.5 Å². The molecule has 144 valence electrons. The van der Waals surface area contributed by atoms with Gasteiger partial charge in [-0.25, -0.2) is 18.2 Å². The number of benzene rings is 3. The van der Waals surface area contributed by atoms with Crippen LogP contribution < -0.4 is 10.6 Å². The van der Waals surface area contributed by atoms with E-state index in [0.29, 0.717) is 23.1 Å². The zero-order chi connectivity index (χ0) is 20.4. The van der Waals surface area contributed by atoms with Gasteiger partial charge < -0.3 is 0 Å². The molecule has 0 aliphatic heterocycles. The second-order valence-corrected chi connectivity index (χ2v) is 6.94.